The lowest BCUT2D eigenvalue weighted by Gasteiger charge is -2.14. The first-order valence-electron chi connectivity index (χ1n) is 16.0. The van der Waals surface area contributed by atoms with E-state index in [1.807, 2.05) is 0 Å². The van der Waals surface area contributed by atoms with Crippen molar-refractivity contribution < 1.29 is 0 Å². The Hall–Kier alpha value is -5.74. The first-order chi connectivity index (χ1) is 22.7. The van der Waals surface area contributed by atoms with Crippen molar-refractivity contribution in [3.8, 4) is 11.1 Å². The van der Waals surface area contributed by atoms with Gasteiger partial charge in [-0.15, -0.1) is 0 Å². The Bertz CT molecular complexity index is 2230. The van der Waals surface area contributed by atoms with Crippen molar-refractivity contribution in [3.05, 3.63) is 156 Å². The fourth-order valence-electron chi connectivity index (χ4n) is 6.82. The van der Waals surface area contributed by atoms with Crippen molar-refractivity contribution in [1.29, 1.82) is 0 Å². The molecule has 0 spiro atoms. The molecule has 0 fully saturated rings. The Morgan fingerprint density at radius 2 is 0.652 bits per heavy atom. The van der Waals surface area contributed by atoms with Gasteiger partial charge in [0.05, 0.1) is 44.2 Å². The van der Waals surface area contributed by atoms with Crippen LogP contribution in [0.5, 0.6) is 0 Å². The number of nitrogens with zero attached hydrogens (tertiary/aromatic N) is 4. The summed E-state index contributed by atoms with van der Waals surface area (Å²) in [5.41, 5.74) is 8.97. The van der Waals surface area contributed by atoms with Crippen LogP contribution in [0.1, 0.15) is 13.8 Å². The number of benzene rings is 6. The maximum atomic E-state index is 5.20. The van der Waals surface area contributed by atoms with Gasteiger partial charge >= 0.3 is 0 Å². The van der Waals surface area contributed by atoms with Crippen LogP contribution in [-0.2, 0) is 13.1 Å². The minimum absolute atomic E-state index is 0.902. The van der Waals surface area contributed by atoms with Gasteiger partial charge in [0.15, 0.2) is 0 Å². The molecule has 2 aromatic heterocycles. The SMILES string of the molecule is CCn1c2ccccc2c(=Nc2ccc(-c3ccc(N=c4c5ccccc5n(CC)c5ccccc45)cc3)cc2)c2ccccc21. The van der Waals surface area contributed by atoms with Gasteiger partial charge in [-0.3, -0.25) is 0 Å². The lowest BCUT2D eigenvalue weighted by atomic mass is 10.0. The molecule has 0 aliphatic heterocycles. The molecule has 0 saturated carbocycles. The van der Waals surface area contributed by atoms with Gasteiger partial charge < -0.3 is 9.13 Å². The summed E-state index contributed by atoms with van der Waals surface area (Å²) in [6.45, 7) is 6.20. The number of pyridine rings is 2. The normalized spacial score (nSPS) is 11.4. The minimum Gasteiger partial charge on any atom is -0.341 e. The quantitative estimate of drug-likeness (QED) is 0.178. The molecule has 6 aromatic carbocycles. The Morgan fingerprint density at radius 1 is 0.370 bits per heavy atom. The van der Waals surface area contributed by atoms with Crippen molar-refractivity contribution in [3.63, 3.8) is 0 Å². The predicted octanol–water partition coefficient (Wildman–Crippen LogP) is 10.1. The standard InChI is InChI=1S/C42H34N4/c1-3-45-37-17-9-5-13-33(37)41(34-14-6-10-18-38(34)45)43-31-25-21-29(22-26-31)30-23-27-32(28-24-30)44-42-35-15-7-11-19-39(35)46(4-2)40-20-12-8-16-36(40)42/h5-28H,3-4H2,1-2H3. The third kappa shape index (κ3) is 4.70. The fourth-order valence-corrected chi connectivity index (χ4v) is 6.82. The molecule has 0 N–H and O–H groups in total. The molecule has 4 nitrogen and oxygen atoms in total. The molecule has 2 heterocycles. The Balaban J connectivity index is 1.18. The topological polar surface area (TPSA) is 34.6 Å². The van der Waals surface area contributed by atoms with Crippen LogP contribution in [0.15, 0.2) is 156 Å². The highest BCUT2D eigenvalue weighted by Crippen LogP contribution is 2.27. The van der Waals surface area contributed by atoms with Crippen molar-refractivity contribution in [2.24, 2.45) is 9.98 Å². The van der Waals surface area contributed by atoms with Crippen LogP contribution in [-0.4, -0.2) is 9.13 Å². The Kier molecular flexibility index (Phi) is 7.03. The zero-order valence-electron chi connectivity index (χ0n) is 26.1. The second-order valence-corrected chi connectivity index (χ2v) is 11.6. The van der Waals surface area contributed by atoms with Crippen LogP contribution in [0.3, 0.4) is 0 Å². The van der Waals surface area contributed by atoms with Crippen LogP contribution < -0.4 is 10.7 Å². The molecule has 8 aromatic rings. The zero-order valence-corrected chi connectivity index (χ0v) is 26.1. The van der Waals surface area contributed by atoms with E-state index in [0.29, 0.717) is 0 Å². The minimum atomic E-state index is 0.902. The third-order valence-corrected chi connectivity index (χ3v) is 8.98. The van der Waals surface area contributed by atoms with Gasteiger partial charge in [0.2, 0.25) is 0 Å². The second kappa shape index (κ2) is 11.6. The molecule has 8 rings (SSSR count). The van der Waals surface area contributed by atoms with Crippen molar-refractivity contribution >= 4 is 55.0 Å². The summed E-state index contributed by atoms with van der Waals surface area (Å²) in [6.07, 6.45) is 0. The van der Waals surface area contributed by atoms with E-state index >= 15 is 0 Å². The van der Waals surface area contributed by atoms with Crippen LogP contribution in [0.2, 0.25) is 0 Å². The lowest BCUT2D eigenvalue weighted by Crippen LogP contribution is -2.12. The first-order valence-corrected chi connectivity index (χ1v) is 16.0. The van der Waals surface area contributed by atoms with E-state index < -0.39 is 0 Å². The summed E-state index contributed by atoms with van der Waals surface area (Å²) in [5.74, 6) is 0. The number of aryl methyl sites for hydroxylation is 2. The van der Waals surface area contributed by atoms with E-state index in [1.165, 1.54) is 22.1 Å². The molecular formula is C42H34N4. The summed E-state index contributed by atoms with van der Waals surface area (Å²) >= 11 is 0. The van der Waals surface area contributed by atoms with Gasteiger partial charge in [0.25, 0.3) is 0 Å². The molecular weight excluding hydrogens is 560 g/mol. The molecule has 0 aliphatic rings. The Labute approximate surface area is 267 Å². The summed E-state index contributed by atoms with van der Waals surface area (Å²) in [7, 11) is 0. The highest BCUT2D eigenvalue weighted by molar-refractivity contribution is 5.94. The van der Waals surface area contributed by atoms with Gasteiger partial charge in [-0.1, -0.05) is 97.1 Å². The van der Waals surface area contributed by atoms with Crippen LogP contribution in [0.4, 0.5) is 11.4 Å². The van der Waals surface area contributed by atoms with Crippen molar-refractivity contribution in [2.75, 3.05) is 0 Å². The number of rotatable bonds is 5. The van der Waals surface area contributed by atoms with E-state index in [2.05, 4.69) is 169 Å². The first kappa shape index (κ1) is 27.8. The molecule has 0 aliphatic carbocycles. The molecule has 0 unspecified atom stereocenters. The van der Waals surface area contributed by atoms with Crippen LogP contribution in [0.25, 0.3) is 54.7 Å². The highest BCUT2D eigenvalue weighted by atomic mass is 15.0. The van der Waals surface area contributed by atoms with Crippen LogP contribution >= 0.6 is 0 Å². The van der Waals surface area contributed by atoms with Crippen molar-refractivity contribution in [2.45, 2.75) is 26.9 Å². The van der Waals surface area contributed by atoms with Gasteiger partial charge in [0, 0.05) is 34.6 Å². The second-order valence-electron chi connectivity index (χ2n) is 11.6. The third-order valence-electron chi connectivity index (χ3n) is 8.98. The average Bonchev–Trinajstić information content (AvgIpc) is 3.12. The number of fused-ring (bicyclic) bond motifs is 4. The average molecular weight is 595 g/mol. The highest BCUT2D eigenvalue weighted by Gasteiger charge is 2.10. The number of hydrogen-bond donors (Lipinski definition) is 0. The molecule has 0 amide bonds. The van der Waals surface area contributed by atoms with E-state index in [9.17, 15) is 0 Å². The number of aromatic nitrogens is 2. The smallest absolute Gasteiger partial charge is 0.0823 e. The molecule has 222 valence electrons. The summed E-state index contributed by atoms with van der Waals surface area (Å²) in [6, 6.07) is 51.4. The monoisotopic (exact) mass is 594 g/mol. The molecule has 0 radical (unpaired) electrons. The van der Waals surface area contributed by atoms with Gasteiger partial charge in [-0.05, 0) is 73.5 Å². The van der Waals surface area contributed by atoms with E-state index in [-0.39, 0.29) is 0 Å². The molecule has 0 atom stereocenters. The van der Waals surface area contributed by atoms with E-state index in [4.69, 9.17) is 9.98 Å². The predicted molar refractivity (Wildman–Crippen MR) is 193 cm³/mol. The summed E-state index contributed by atoms with van der Waals surface area (Å²) in [4.78, 5) is 10.4. The molecule has 0 saturated heterocycles. The van der Waals surface area contributed by atoms with E-state index in [1.54, 1.807) is 0 Å². The molecule has 4 heteroatoms. The van der Waals surface area contributed by atoms with Crippen molar-refractivity contribution in [1.82, 2.24) is 9.13 Å². The summed E-state index contributed by atoms with van der Waals surface area (Å²) < 4.78 is 4.74. The van der Waals surface area contributed by atoms with E-state index in [0.717, 1.165) is 67.9 Å². The number of hydrogen-bond acceptors (Lipinski definition) is 2. The Morgan fingerprint density at radius 3 is 0.935 bits per heavy atom. The van der Waals surface area contributed by atoms with Gasteiger partial charge in [-0.2, -0.15) is 0 Å². The lowest BCUT2D eigenvalue weighted by molar-refractivity contribution is 0.821. The largest absolute Gasteiger partial charge is 0.341 e. The maximum absolute atomic E-state index is 5.20. The van der Waals surface area contributed by atoms with Gasteiger partial charge in [-0.25, -0.2) is 9.98 Å². The van der Waals surface area contributed by atoms with Crippen LogP contribution in [0, 0.1) is 0 Å². The fraction of sp³-hybridized carbons (Fsp3) is 0.0952. The summed E-state index contributed by atoms with van der Waals surface area (Å²) in [5, 5.41) is 6.68. The maximum Gasteiger partial charge on any atom is 0.0823 e. The zero-order chi connectivity index (χ0) is 31.0. The number of para-hydroxylation sites is 4. The molecule has 46 heavy (non-hydrogen) atoms. The molecule has 0 bridgehead atoms. The van der Waals surface area contributed by atoms with Gasteiger partial charge in [0.1, 0.15) is 0 Å².